The van der Waals surface area contributed by atoms with E-state index in [-0.39, 0.29) is 40.7 Å². The van der Waals surface area contributed by atoms with Crippen LogP contribution in [0.25, 0.3) is 0 Å². The first-order chi connectivity index (χ1) is 10.6. The zero-order chi connectivity index (χ0) is 15.7. The first kappa shape index (κ1) is 15.2. The van der Waals surface area contributed by atoms with E-state index in [0.29, 0.717) is 11.5 Å². The standard InChI is InChI=1S/C14H12Cl2N2O4/c15-9-3-4-18(20)13(16)12(9)14(19)17-6-8-1-2-10-11(5-8)22-7-21-10/h1-3,5,18H,4,6-7H2,(H,17,19). The maximum atomic E-state index is 12.2. The second-order valence-electron chi connectivity index (χ2n) is 4.74. The zero-order valence-corrected chi connectivity index (χ0v) is 12.8. The SMILES string of the molecule is O=C(NCc1ccc2c(c1)OCO2)C1=C(Cl)[NH+]([O-])CC=C1Cl. The fourth-order valence-corrected chi connectivity index (χ4v) is 2.72. The van der Waals surface area contributed by atoms with Gasteiger partial charge in [-0.25, -0.2) is 0 Å². The molecule has 1 aromatic carbocycles. The third-order valence-electron chi connectivity index (χ3n) is 3.29. The molecule has 2 N–H and O–H groups in total. The molecule has 1 unspecified atom stereocenters. The Labute approximate surface area is 136 Å². The van der Waals surface area contributed by atoms with Gasteiger partial charge in [0.2, 0.25) is 11.9 Å². The van der Waals surface area contributed by atoms with Crippen LogP contribution in [0.5, 0.6) is 11.5 Å². The van der Waals surface area contributed by atoms with Gasteiger partial charge < -0.3 is 25.1 Å². The number of carbonyl (C=O) groups excluding carboxylic acids is 1. The van der Waals surface area contributed by atoms with Crippen LogP contribution >= 0.6 is 23.2 Å². The molecule has 0 aromatic heterocycles. The number of carbonyl (C=O) groups is 1. The van der Waals surface area contributed by atoms with Crippen molar-refractivity contribution in [1.82, 2.24) is 5.32 Å². The number of benzene rings is 1. The molecule has 0 bridgehead atoms. The smallest absolute Gasteiger partial charge is 0.260 e. The largest absolute Gasteiger partial charge is 0.628 e. The zero-order valence-electron chi connectivity index (χ0n) is 11.3. The van der Waals surface area contributed by atoms with Crippen molar-refractivity contribution in [3.05, 3.63) is 50.8 Å². The van der Waals surface area contributed by atoms with E-state index in [1.165, 1.54) is 6.08 Å². The van der Waals surface area contributed by atoms with Crippen LogP contribution in [0.15, 0.2) is 40.0 Å². The Morgan fingerprint density at radius 2 is 2.09 bits per heavy atom. The lowest BCUT2D eigenvalue weighted by atomic mass is 10.1. The second kappa shape index (κ2) is 6.18. The van der Waals surface area contributed by atoms with Gasteiger partial charge in [-0.15, -0.1) is 0 Å². The van der Waals surface area contributed by atoms with Gasteiger partial charge in [-0.1, -0.05) is 17.7 Å². The third kappa shape index (κ3) is 2.91. The fourth-order valence-electron chi connectivity index (χ4n) is 2.15. The number of amides is 1. The Hall–Kier alpha value is -1.73. The maximum absolute atomic E-state index is 12.2. The summed E-state index contributed by atoms with van der Waals surface area (Å²) in [5.74, 6) is 0.816. The highest BCUT2D eigenvalue weighted by Gasteiger charge is 2.26. The first-order valence-electron chi connectivity index (χ1n) is 6.52. The average molecular weight is 343 g/mol. The van der Waals surface area contributed by atoms with Crippen molar-refractivity contribution < 1.29 is 19.3 Å². The Balaban J connectivity index is 1.70. The number of nitrogens with one attached hydrogen (secondary N) is 2. The predicted octanol–water partition coefficient (Wildman–Crippen LogP) is 1.00. The fraction of sp³-hybridized carbons (Fsp3) is 0.214. The van der Waals surface area contributed by atoms with Gasteiger partial charge in [0.15, 0.2) is 11.5 Å². The predicted molar refractivity (Wildman–Crippen MR) is 80.4 cm³/mol. The summed E-state index contributed by atoms with van der Waals surface area (Å²) < 4.78 is 10.5. The van der Waals surface area contributed by atoms with Gasteiger partial charge in [-0.2, -0.15) is 0 Å². The van der Waals surface area contributed by atoms with E-state index in [2.05, 4.69) is 5.32 Å². The quantitative estimate of drug-likeness (QED) is 0.634. The van der Waals surface area contributed by atoms with E-state index in [9.17, 15) is 10.0 Å². The summed E-state index contributed by atoms with van der Waals surface area (Å²) in [6.07, 6.45) is 1.48. The lowest BCUT2D eigenvalue weighted by molar-refractivity contribution is -0.792. The number of quaternary nitrogens is 1. The normalized spacial score (nSPS) is 20.0. The molecule has 1 amide bonds. The lowest BCUT2D eigenvalue weighted by Crippen LogP contribution is -3.05. The summed E-state index contributed by atoms with van der Waals surface area (Å²) in [5.41, 5.74) is 0.844. The Bertz CT molecular complexity index is 687. The number of hydrogen-bond acceptors (Lipinski definition) is 4. The maximum Gasteiger partial charge on any atom is 0.260 e. The van der Waals surface area contributed by atoms with Gasteiger partial charge in [0.05, 0.1) is 5.03 Å². The number of hydrogen-bond donors (Lipinski definition) is 2. The van der Waals surface area contributed by atoms with Gasteiger partial charge in [0, 0.05) is 6.54 Å². The van der Waals surface area contributed by atoms with E-state index >= 15 is 0 Å². The van der Waals surface area contributed by atoms with Crippen molar-refractivity contribution in [3.8, 4) is 11.5 Å². The minimum Gasteiger partial charge on any atom is -0.628 e. The first-order valence-corrected chi connectivity index (χ1v) is 7.27. The van der Waals surface area contributed by atoms with E-state index in [1.54, 1.807) is 12.1 Å². The van der Waals surface area contributed by atoms with E-state index < -0.39 is 5.91 Å². The van der Waals surface area contributed by atoms with Crippen LogP contribution in [0.1, 0.15) is 5.56 Å². The van der Waals surface area contributed by atoms with E-state index in [0.717, 1.165) is 5.56 Å². The van der Waals surface area contributed by atoms with E-state index in [4.69, 9.17) is 32.7 Å². The molecule has 1 atom stereocenters. The van der Waals surface area contributed by atoms with Crippen molar-refractivity contribution in [2.45, 2.75) is 6.54 Å². The number of fused-ring (bicyclic) bond motifs is 1. The van der Waals surface area contributed by atoms with Crippen molar-refractivity contribution in [2.75, 3.05) is 13.3 Å². The molecule has 0 radical (unpaired) electrons. The van der Waals surface area contributed by atoms with E-state index in [1.807, 2.05) is 6.07 Å². The van der Waals surface area contributed by atoms with Crippen molar-refractivity contribution in [3.63, 3.8) is 0 Å². The highest BCUT2D eigenvalue weighted by atomic mass is 35.5. The van der Waals surface area contributed by atoms with Crippen molar-refractivity contribution in [2.24, 2.45) is 0 Å². The summed E-state index contributed by atoms with van der Waals surface area (Å²) in [6.45, 7) is 0.550. The molecule has 0 aliphatic carbocycles. The van der Waals surface area contributed by atoms with Gasteiger partial charge in [-0.3, -0.25) is 4.79 Å². The molecule has 2 aliphatic rings. The number of rotatable bonds is 3. The third-order valence-corrected chi connectivity index (χ3v) is 4.03. The summed E-state index contributed by atoms with van der Waals surface area (Å²) in [4.78, 5) is 12.2. The van der Waals surface area contributed by atoms with Gasteiger partial charge >= 0.3 is 0 Å². The molecule has 0 fully saturated rings. The topological polar surface area (TPSA) is 75.1 Å². The molecule has 22 heavy (non-hydrogen) atoms. The molecule has 2 heterocycles. The molecule has 0 saturated heterocycles. The summed E-state index contributed by atoms with van der Waals surface area (Å²) in [5, 5.41) is 14.0. The molecular weight excluding hydrogens is 331 g/mol. The Morgan fingerprint density at radius 3 is 2.91 bits per heavy atom. The van der Waals surface area contributed by atoms with Crippen LogP contribution < -0.4 is 19.9 Å². The molecule has 3 rings (SSSR count). The molecular formula is C14H12Cl2N2O4. The Morgan fingerprint density at radius 1 is 1.32 bits per heavy atom. The number of ether oxygens (including phenoxy) is 2. The average Bonchev–Trinajstić information content (AvgIpc) is 2.97. The Kier molecular flexibility index (Phi) is 4.26. The van der Waals surface area contributed by atoms with Gasteiger partial charge in [0.1, 0.15) is 12.1 Å². The summed E-state index contributed by atoms with van der Waals surface area (Å²) in [7, 11) is 0. The van der Waals surface area contributed by atoms with Crippen LogP contribution in [-0.2, 0) is 11.3 Å². The molecule has 0 spiro atoms. The molecule has 8 heteroatoms. The molecule has 6 nitrogen and oxygen atoms in total. The van der Waals surface area contributed by atoms with Crippen molar-refractivity contribution >= 4 is 29.1 Å². The van der Waals surface area contributed by atoms with Crippen LogP contribution in [0, 0.1) is 5.21 Å². The minimum atomic E-state index is -0.489. The highest BCUT2D eigenvalue weighted by Crippen LogP contribution is 2.32. The second-order valence-corrected chi connectivity index (χ2v) is 5.52. The number of hydroxylamine groups is 2. The highest BCUT2D eigenvalue weighted by molar-refractivity contribution is 6.39. The van der Waals surface area contributed by atoms with Crippen molar-refractivity contribution in [1.29, 1.82) is 0 Å². The lowest BCUT2D eigenvalue weighted by Gasteiger charge is -2.24. The molecule has 2 aliphatic heterocycles. The molecule has 1 aromatic rings. The van der Waals surface area contributed by atoms with Crippen LogP contribution in [0.2, 0.25) is 0 Å². The number of halogens is 2. The van der Waals surface area contributed by atoms with Gasteiger partial charge in [0.25, 0.3) is 5.91 Å². The summed E-state index contributed by atoms with van der Waals surface area (Å²) in [6, 6.07) is 5.36. The molecule has 0 saturated carbocycles. The van der Waals surface area contributed by atoms with Crippen LogP contribution in [0.4, 0.5) is 0 Å². The van der Waals surface area contributed by atoms with Gasteiger partial charge in [-0.05, 0) is 35.4 Å². The molecule has 116 valence electrons. The van der Waals surface area contributed by atoms with Crippen LogP contribution in [-0.4, -0.2) is 19.2 Å². The summed E-state index contributed by atoms with van der Waals surface area (Å²) >= 11 is 11.9. The minimum absolute atomic E-state index is 0.0142. The van der Waals surface area contributed by atoms with Crippen LogP contribution in [0.3, 0.4) is 0 Å². The monoisotopic (exact) mass is 342 g/mol.